The molecule has 0 aromatic rings. The van der Waals surface area contributed by atoms with Crippen molar-refractivity contribution in [2.45, 2.75) is 89.3 Å². The third-order valence-electron chi connectivity index (χ3n) is 7.23. The molecule has 0 aliphatic carbocycles. The average Bonchev–Trinajstić information content (AvgIpc) is 2.85. The van der Waals surface area contributed by atoms with Gasteiger partial charge in [0.2, 0.25) is 0 Å². The molecule has 0 saturated carbocycles. The Kier molecular flexibility index (Phi) is 18.8. The Morgan fingerprint density at radius 2 is 1.09 bits per heavy atom. The number of unbranched alkanes of at least 4 members (excludes halogenated alkanes) is 4. The molecule has 1 unspecified atom stereocenters. The van der Waals surface area contributed by atoms with Crippen molar-refractivity contribution in [3.8, 4) is 0 Å². The van der Waals surface area contributed by atoms with Gasteiger partial charge in [0.05, 0.1) is 0 Å². The molecule has 0 fully saturated rings. The van der Waals surface area contributed by atoms with E-state index in [2.05, 4.69) is 17.6 Å². The predicted molar refractivity (Wildman–Crippen MR) is 135 cm³/mol. The summed E-state index contributed by atoms with van der Waals surface area (Å²) in [5.74, 6) is -1.53. The predicted octanol–water partition coefficient (Wildman–Crippen LogP) is 3.63. The Bertz CT molecular complexity index is 439. The molecule has 0 aliphatic rings. The van der Waals surface area contributed by atoms with Crippen LogP contribution < -0.4 is 16.4 Å². The highest BCUT2D eigenvalue weighted by Crippen LogP contribution is 2.47. The van der Waals surface area contributed by atoms with Crippen LogP contribution in [0.4, 0.5) is 0 Å². The monoisotopic (exact) mass is 477 g/mol. The summed E-state index contributed by atoms with van der Waals surface area (Å²) in [5, 5.41) is 6.72. The van der Waals surface area contributed by atoms with Crippen molar-refractivity contribution in [1.82, 2.24) is 10.6 Å². The van der Waals surface area contributed by atoms with Gasteiger partial charge >= 0.3 is 0 Å². The van der Waals surface area contributed by atoms with Crippen LogP contribution in [-0.2, 0) is 23.7 Å². The van der Waals surface area contributed by atoms with E-state index in [9.17, 15) is 0 Å². The molecule has 0 aromatic carbocycles. The normalized spacial score (nSPS) is 14.5. The Morgan fingerprint density at radius 1 is 0.606 bits per heavy atom. The lowest BCUT2D eigenvalue weighted by Gasteiger charge is -2.47. The maximum absolute atomic E-state index is 6.01. The van der Waals surface area contributed by atoms with E-state index in [-0.39, 0.29) is 5.41 Å². The van der Waals surface area contributed by atoms with Crippen molar-refractivity contribution in [2.75, 3.05) is 68.8 Å². The van der Waals surface area contributed by atoms with Gasteiger partial charge in [-0.15, -0.1) is 0 Å². The van der Waals surface area contributed by atoms with Crippen LogP contribution in [0.15, 0.2) is 0 Å². The highest BCUT2D eigenvalue weighted by atomic mass is 16.9. The summed E-state index contributed by atoms with van der Waals surface area (Å²) in [4.78, 5) is 0. The molecule has 4 N–H and O–H groups in total. The molecule has 0 radical (unpaired) electrons. The Hall–Kier alpha value is -0.320. The quantitative estimate of drug-likeness (QED) is 0.143. The van der Waals surface area contributed by atoms with Crippen LogP contribution in [0.2, 0.25) is 0 Å². The van der Waals surface area contributed by atoms with Gasteiger partial charge in [-0.05, 0) is 65.6 Å². The highest BCUT2D eigenvalue weighted by molar-refractivity contribution is 4.92. The number of rotatable bonds is 24. The standard InChI is InChI=1S/C25H55N3O5/c1-23(29-3,30-4)24(16-13-20-27-2,17-14-21-28-22-19-26)15-11-9-8-10-12-18-25(31-5,32-6)33-7/h27-28H,8-22,26H2,1-7H3. The van der Waals surface area contributed by atoms with Gasteiger partial charge in [-0.1, -0.05) is 25.7 Å². The lowest BCUT2D eigenvalue weighted by molar-refractivity contribution is -0.355. The second kappa shape index (κ2) is 18.9. The van der Waals surface area contributed by atoms with Gasteiger partial charge in [0.15, 0.2) is 5.79 Å². The van der Waals surface area contributed by atoms with E-state index < -0.39 is 11.8 Å². The van der Waals surface area contributed by atoms with E-state index in [1.165, 1.54) is 12.8 Å². The molecule has 200 valence electrons. The molecule has 33 heavy (non-hydrogen) atoms. The molecule has 0 rings (SSSR count). The van der Waals surface area contributed by atoms with Crippen molar-refractivity contribution in [1.29, 1.82) is 0 Å². The molecule has 0 aliphatic heterocycles. The van der Waals surface area contributed by atoms with Crippen LogP contribution in [0.5, 0.6) is 0 Å². The van der Waals surface area contributed by atoms with Crippen LogP contribution in [0, 0.1) is 5.41 Å². The molecule has 8 nitrogen and oxygen atoms in total. The van der Waals surface area contributed by atoms with E-state index in [1.54, 1.807) is 35.5 Å². The van der Waals surface area contributed by atoms with Crippen LogP contribution in [0.1, 0.15) is 77.6 Å². The third-order valence-corrected chi connectivity index (χ3v) is 7.23. The van der Waals surface area contributed by atoms with Gasteiger partial charge in [-0.2, -0.15) is 0 Å². The zero-order valence-corrected chi connectivity index (χ0v) is 22.7. The first kappa shape index (κ1) is 32.7. The van der Waals surface area contributed by atoms with Gasteiger partial charge < -0.3 is 40.1 Å². The minimum absolute atomic E-state index is 0.0327. The molecular formula is C25H55N3O5. The molecule has 0 heterocycles. The van der Waals surface area contributed by atoms with E-state index in [1.807, 2.05) is 7.05 Å². The number of hydrogen-bond donors (Lipinski definition) is 3. The summed E-state index contributed by atoms with van der Waals surface area (Å²) < 4.78 is 28.2. The second-order valence-electron chi connectivity index (χ2n) is 9.05. The van der Waals surface area contributed by atoms with E-state index in [0.717, 1.165) is 77.4 Å². The fourth-order valence-electron chi connectivity index (χ4n) is 4.85. The molecule has 0 amide bonds. The largest absolute Gasteiger partial charge is 0.353 e. The summed E-state index contributed by atoms with van der Waals surface area (Å²) in [7, 11) is 10.4. The summed E-state index contributed by atoms with van der Waals surface area (Å²) in [6.07, 6.45) is 11.8. The first-order valence-corrected chi connectivity index (χ1v) is 12.7. The first-order chi connectivity index (χ1) is 15.9. The summed E-state index contributed by atoms with van der Waals surface area (Å²) in [5.41, 5.74) is 5.59. The zero-order chi connectivity index (χ0) is 25.1. The lowest BCUT2D eigenvalue weighted by atomic mass is 9.68. The van der Waals surface area contributed by atoms with Gasteiger partial charge in [-0.3, -0.25) is 0 Å². The minimum atomic E-state index is -0.918. The molecule has 0 spiro atoms. The van der Waals surface area contributed by atoms with Crippen LogP contribution in [-0.4, -0.2) is 80.5 Å². The third kappa shape index (κ3) is 11.3. The molecule has 0 aromatic heterocycles. The topological polar surface area (TPSA) is 96.2 Å². The number of methoxy groups -OCH3 is 5. The molecule has 0 saturated heterocycles. The van der Waals surface area contributed by atoms with Crippen molar-refractivity contribution in [2.24, 2.45) is 11.1 Å². The SMILES string of the molecule is CNCCCC(CCCCCCCC(OC)(OC)OC)(CCCNCCN)C(C)(OC)OC. The Balaban J connectivity index is 4.94. The van der Waals surface area contributed by atoms with Crippen molar-refractivity contribution in [3.63, 3.8) is 0 Å². The van der Waals surface area contributed by atoms with Crippen molar-refractivity contribution < 1.29 is 23.7 Å². The maximum Gasteiger partial charge on any atom is 0.282 e. The second-order valence-corrected chi connectivity index (χ2v) is 9.05. The molecular weight excluding hydrogens is 422 g/mol. The number of nitrogens with one attached hydrogen (secondary N) is 2. The van der Waals surface area contributed by atoms with Crippen LogP contribution >= 0.6 is 0 Å². The first-order valence-electron chi connectivity index (χ1n) is 12.7. The molecule has 1 atom stereocenters. The van der Waals surface area contributed by atoms with E-state index in [4.69, 9.17) is 29.4 Å². The minimum Gasteiger partial charge on any atom is -0.353 e. The average molecular weight is 478 g/mol. The number of nitrogens with two attached hydrogens (primary N) is 1. The summed E-state index contributed by atoms with van der Waals surface area (Å²) >= 11 is 0. The highest BCUT2D eigenvalue weighted by Gasteiger charge is 2.47. The maximum atomic E-state index is 6.01. The lowest BCUT2D eigenvalue weighted by Crippen LogP contribution is -2.49. The van der Waals surface area contributed by atoms with Gasteiger partial charge in [-0.25, -0.2) is 0 Å². The van der Waals surface area contributed by atoms with Gasteiger partial charge in [0, 0.05) is 60.5 Å². The van der Waals surface area contributed by atoms with Gasteiger partial charge in [0.1, 0.15) is 0 Å². The van der Waals surface area contributed by atoms with E-state index in [0.29, 0.717) is 6.54 Å². The summed E-state index contributed by atoms with van der Waals surface area (Å²) in [6.45, 7) is 5.60. The zero-order valence-electron chi connectivity index (χ0n) is 22.7. The van der Waals surface area contributed by atoms with Gasteiger partial charge in [0.25, 0.3) is 5.97 Å². The number of hydrogen-bond acceptors (Lipinski definition) is 8. The van der Waals surface area contributed by atoms with E-state index >= 15 is 0 Å². The van der Waals surface area contributed by atoms with Crippen molar-refractivity contribution >= 4 is 0 Å². The van der Waals surface area contributed by atoms with Crippen LogP contribution in [0.25, 0.3) is 0 Å². The number of ether oxygens (including phenoxy) is 5. The fraction of sp³-hybridized carbons (Fsp3) is 1.00. The Morgan fingerprint density at radius 3 is 1.58 bits per heavy atom. The van der Waals surface area contributed by atoms with Crippen LogP contribution in [0.3, 0.4) is 0 Å². The molecule has 0 bridgehead atoms. The summed E-state index contributed by atoms with van der Waals surface area (Å²) in [6, 6.07) is 0. The molecule has 8 heteroatoms. The van der Waals surface area contributed by atoms with Crippen molar-refractivity contribution in [3.05, 3.63) is 0 Å². The fourth-order valence-corrected chi connectivity index (χ4v) is 4.85. The Labute approximate surface area is 204 Å². The smallest absolute Gasteiger partial charge is 0.282 e.